The highest BCUT2D eigenvalue weighted by Gasteiger charge is 2.45. The Morgan fingerprint density at radius 1 is 1.28 bits per heavy atom. The highest BCUT2D eigenvalue weighted by molar-refractivity contribution is 5.24. The van der Waals surface area contributed by atoms with Gasteiger partial charge in [0.05, 0.1) is 0 Å². The van der Waals surface area contributed by atoms with Gasteiger partial charge in [-0.05, 0) is 49.9 Å². The van der Waals surface area contributed by atoms with Gasteiger partial charge in [-0.3, -0.25) is 0 Å². The molecule has 0 saturated carbocycles. The zero-order valence-corrected chi connectivity index (χ0v) is 10.7. The molecule has 3 rings (SSSR count). The van der Waals surface area contributed by atoms with Crippen molar-refractivity contribution in [3.63, 3.8) is 0 Å². The van der Waals surface area contributed by atoms with E-state index in [0.717, 1.165) is 6.42 Å². The van der Waals surface area contributed by atoms with E-state index in [9.17, 15) is 9.50 Å². The van der Waals surface area contributed by atoms with Gasteiger partial charge in [-0.1, -0.05) is 12.1 Å². The molecule has 0 radical (unpaired) electrons. The first-order valence-electron chi connectivity index (χ1n) is 6.79. The van der Waals surface area contributed by atoms with Gasteiger partial charge in [0.25, 0.3) is 0 Å². The molecular formula is C15H20FNO. The lowest BCUT2D eigenvalue weighted by Crippen LogP contribution is -2.47. The molecule has 2 heterocycles. The maximum atomic E-state index is 13.0. The molecule has 2 fully saturated rings. The summed E-state index contributed by atoms with van der Waals surface area (Å²) in [6, 6.07) is 7.95. The Balaban J connectivity index is 1.89. The van der Waals surface area contributed by atoms with E-state index >= 15 is 0 Å². The Hall–Kier alpha value is -0.930. The van der Waals surface area contributed by atoms with Crippen molar-refractivity contribution in [3.8, 4) is 0 Å². The van der Waals surface area contributed by atoms with E-state index in [4.69, 9.17) is 0 Å². The van der Waals surface area contributed by atoms with Gasteiger partial charge in [0.15, 0.2) is 0 Å². The fraction of sp³-hybridized carbons (Fsp3) is 0.600. The zero-order chi connectivity index (χ0) is 12.7. The van der Waals surface area contributed by atoms with E-state index in [1.807, 2.05) is 12.1 Å². The fourth-order valence-electron chi connectivity index (χ4n) is 3.92. The van der Waals surface area contributed by atoms with Crippen LogP contribution in [-0.4, -0.2) is 35.7 Å². The lowest BCUT2D eigenvalue weighted by atomic mass is 9.76. The van der Waals surface area contributed by atoms with E-state index in [2.05, 4.69) is 11.9 Å². The van der Waals surface area contributed by atoms with E-state index in [-0.39, 0.29) is 12.4 Å². The van der Waals surface area contributed by atoms with Crippen molar-refractivity contribution < 1.29 is 9.50 Å². The molecular weight excluding hydrogens is 229 g/mol. The lowest BCUT2D eigenvalue weighted by molar-refractivity contribution is 0.0592. The third-order valence-corrected chi connectivity index (χ3v) is 4.94. The van der Waals surface area contributed by atoms with E-state index in [0.29, 0.717) is 23.9 Å². The minimum Gasteiger partial charge on any atom is -0.396 e. The first-order chi connectivity index (χ1) is 8.70. The number of aliphatic hydroxyl groups excluding tert-OH is 1. The summed E-state index contributed by atoms with van der Waals surface area (Å²) in [6.45, 7) is 0.226. The van der Waals surface area contributed by atoms with Crippen LogP contribution >= 0.6 is 0 Å². The molecule has 0 aromatic heterocycles. The summed E-state index contributed by atoms with van der Waals surface area (Å²) in [5.74, 6) is 0.485. The summed E-state index contributed by atoms with van der Waals surface area (Å²) in [4.78, 5) is 2.43. The van der Waals surface area contributed by atoms with Crippen LogP contribution in [0.1, 0.15) is 30.7 Å². The number of piperidine rings is 1. The molecule has 2 aliphatic rings. The molecule has 1 aromatic rings. The van der Waals surface area contributed by atoms with Gasteiger partial charge in [-0.25, -0.2) is 4.39 Å². The van der Waals surface area contributed by atoms with Crippen molar-refractivity contribution >= 4 is 0 Å². The average Bonchev–Trinajstić information content (AvgIpc) is 2.63. The summed E-state index contributed by atoms with van der Waals surface area (Å²) >= 11 is 0. The second-order valence-corrected chi connectivity index (χ2v) is 5.70. The van der Waals surface area contributed by atoms with Crippen molar-refractivity contribution in [2.24, 2.45) is 5.92 Å². The largest absolute Gasteiger partial charge is 0.396 e. The summed E-state index contributed by atoms with van der Waals surface area (Å²) in [7, 11) is 2.17. The molecule has 18 heavy (non-hydrogen) atoms. The number of nitrogens with zero attached hydrogens (tertiary/aromatic N) is 1. The van der Waals surface area contributed by atoms with Crippen molar-refractivity contribution in [2.75, 3.05) is 13.7 Å². The van der Waals surface area contributed by atoms with Crippen LogP contribution in [-0.2, 0) is 0 Å². The van der Waals surface area contributed by atoms with E-state index < -0.39 is 0 Å². The molecule has 0 unspecified atom stereocenters. The predicted octanol–water partition coefficient (Wildman–Crippen LogP) is 2.38. The molecule has 4 atom stereocenters. The van der Waals surface area contributed by atoms with E-state index in [1.54, 1.807) is 0 Å². The summed E-state index contributed by atoms with van der Waals surface area (Å²) < 4.78 is 13.0. The van der Waals surface area contributed by atoms with Crippen LogP contribution in [0.5, 0.6) is 0 Å². The number of fused-ring (bicyclic) bond motifs is 2. The number of benzene rings is 1. The Kier molecular flexibility index (Phi) is 3.12. The maximum Gasteiger partial charge on any atom is 0.123 e. The Morgan fingerprint density at radius 3 is 2.67 bits per heavy atom. The zero-order valence-electron chi connectivity index (χ0n) is 10.7. The van der Waals surface area contributed by atoms with Crippen LogP contribution in [0.25, 0.3) is 0 Å². The van der Waals surface area contributed by atoms with Crippen molar-refractivity contribution in [3.05, 3.63) is 35.6 Å². The topological polar surface area (TPSA) is 23.5 Å². The van der Waals surface area contributed by atoms with Gasteiger partial charge in [0.2, 0.25) is 0 Å². The third kappa shape index (κ3) is 1.86. The van der Waals surface area contributed by atoms with Crippen LogP contribution in [0.3, 0.4) is 0 Å². The number of halogens is 1. The molecule has 2 saturated heterocycles. The molecule has 98 valence electrons. The predicted molar refractivity (Wildman–Crippen MR) is 68.9 cm³/mol. The maximum absolute atomic E-state index is 13.0. The fourth-order valence-corrected chi connectivity index (χ4v) is 3.92. The van der Waals surface area contributed by atoms with Crippen LogP contribution in [0, 0.1) is 11.7 Å². The molecule has 0 spiro atoms. The lowest BCUT2D eigenvalue weighted by Gasteiger charge is -2.42. The van der Waals surface area contributed by atoms with Crippen LogP contribution in [0.2, 0.25) is 0 Å². The van der Waals surface area contributed by atoms with Crippen molar-refractivity contribution in [1.82, 2.24) is 4.90 Å². The highest BCUT2D eigenvalue weighted by atomic mass is 19.1. The number of aliphatic hydroxyl groups is 1. The average molecular weight is 249 g/mol. The molecule has 2 nitrogen and oxygen atoms in total. The standard InChI is InChI=1S/C15H20FNO/c1-17-12-6-7-15(17)14(9-18)13(8-12)10-2-4-11(16)5-3-10/h2-5,12-15,18H,6-9H2,1H3/t12-,13-,14-,15+/m1/s1. The van der Waals surface area contributed by atoms with Crippen molar-refractivity contribution in [2.45, 2.75) is 37.3 Å². The SMILES string of the molecule is CN1[C@@H]2CC[C@H]1[C@H](CO)[C@@H](c1ccc(F)cc1)C2. The van der Waals surface area contributed by atoms with Crippen LogP contribution < -0.4 is 0 Å². The van der Waals surface area contributed by atoms with Gasteiger partial charge in [-0.15, -0.1) is 0 Å². The first-order valence-corrected chi connectivity index (χ1v) is 6.79. The number of hydrogen-bond acceptors (Lipinski definition) is 2. The molecule has 3 heteroatoms. The molecule has 0 amide bonds. The van der Waals surface area contributed by atoms with Gasteiger partial charge < -0.3 is 10.0 Å². The first kappa shape index (κ1) is 12.1. The quantitative estimate of drug-likeness (QED) is 0.870. The number of hydrogen-bond donors (Lipinski definition) is 1. The van der Waals surface area contributed by atoms with Crippen LogP contribution in [0.4, 0.5) is 4.39 Å². The van der Waals surface area contributed by atoms with E-state index in [1.165, 1.54) is 30.5 Å². The normalized spacial score (nSPS) is 35.9. The second kappa shape index (κ2) is 4.63. The Bertz CT molecular complexity index is 419. The highest BCUT2D eigenvalue weighted by Crippen LogP contribution is 2.45. The van der Waals surface area contributed by atoms with Crippen molar-refractivity contribution in [1.29, 1.82) is 0 Å². The molecule has 0 aliphatic carbocycles. The molecule has 1 N–H and O–H groups in total. The monoisotopic (exact) mass is 249 g/mol. The summed E-state index contributed by atoms with van der Waals surface area (Å²) in [5.41, 5.74) is 1.18. The summed E-state index contributed by atoms with van der Waals surface area (Å²) in [5, 5.41) is 9.71. The minimum absolute atomic E-state index is 0.185. The third-order valence-electron chi connectivity index (χ3n) is 4.94. The minimum atomic E-state index is -0.185. The summed E-state index contributed by atoms with van der Waals surface area (Å²) in [6.07, 6.45) is 3.50. The number of rotatable bonds is 2. The van der Waals surface area contributed by atoms with Gasteiger partial charge in [-0.2, -0.15) is 0 Å². The smallest absolute Gasteiger partial charge is 0.123 e. The Morgan fingerprint density at radius 2 is 2.00 bits per heavy atom. The Labute approximate surface area is 107 Å². The van der Waals surface area contributed by atoms with Gasteiger partial charge in [0, 0.05) is 24.6 Å². The second-order valence-electron chi connectivity index (χ2n) is 5.70. The van der Waals surface area contributed by atoms with Gasteiger partial charge >= 0.3 is 0 Å². The molecule has 1 aromatic carbocycles. The van der Waals surface area contributed by atoms with Gasteiger partial charge in [0.1, 0.15) is 5.82 Å². The van der Waals surface area contributed by atoms with Crippen LogP contribution in [0.15, 0.2) is 24.3 Å². The molecule has 2 aliphatic heterocycles. The molecule has 2 bridgehead atoms.